The van der Waals surface area contributed by atoms with E-state index in [1.165, 1.54) is 44.6 Å². The maximum Gasteiger partial charge on any atom is 1.00 e. The minimum Gasteiger partial charge on any atom is -0.545 e. The van der Waals surface area contributed by atoms with E-state index in [-0.39, 0.29) is 29.6 Å². The Morgan fingerprint density at radius 2 is 1.56 bits per heavy atom. The van der Waals surface area contributed by atoms with Crippen LogP contribution in [0.2, 0.25) is 0 Å². The number of aliphatic carboxylic acids is 1. The van der Waals surface area contributed by atoms with Gasteiger partial charge in [-0.05, 0) is 25.8 Å². The number of rotatable bonds is 9. The van der Waals surface area contributed by atoms with Crippen molar-refractivity contribution < 1.29 is 39.5 Å². The second-order valence-corrected chi connectivity index (χ2v) is 4.18. The molecule has 0 aliphatic rings. The number of carbonyl (C=O) groups excluding carboxylic acids is 1. The van der Waals surface area contributed by atoms with Crippen LogP contribution in [0.25, 0.3) is 0 Å². The first-order valence-corrected chi connectivity index (χ1v) is 6.05. The number of allylic oxidation sites excluding steroid dienone is 1. The van der Waals surface area contributed by atoms with E-state index in [1.807, 2.05) is 6.92 Å². The van der Waals surface area contributed by atoms with Gasteiger partial charge in [0.1, 0.15) is 0 Å². The Hall–Kier alpha value is 0.210. The van der Waals surface area contributed by atoms with Crippen LogP contribution < -0.4 is 34.7 Å². The Balaban J connectivity index is 0. The molecule has 0 saturated heterocycles. The van der Waals surface area contributed by atoms with Crippen LogP contribution in [0.4, 0.5) is 0 Å². The van der Waals surface area contributed by atoms with Gasteiger partial charge in [-0.1, -0.05) is 51.0 Å². The summed E-state index contributed by atoms with van der Waals surface area (Å²) < 4.78 is 0. The van der Waals surface area contributed by atoms with Gasteiger partial charge in [0.2, 0.25) is 0 Å². The van der Waals surface area contributed by atoms with Gasteiger partial charge in [0.15, 0.2) is 0 Å². The van der Waals surface area contributed by atoms with Crippen LogP contribution in [0.3, 0.4) is 0 Å². The van der Waals surface area contributed by atoms with Crippen LogP contribution in [0.5, 0.6) is 0 Å². The summed E-state index contributed by atoms with van der Waals surface area (Å²) in [4.78, 5) is 10.2. The molecular weight excluding hydrogens is 211 g/mol. The first-order valence-electron chi connectivity index (χ1n) is 6.05. The van der Waals surface area contributed by atoms with Crippen molar-refractivity contribution in [3.8, 4) is 0 Å². The Morgan fingerprint density at radius 3 is 2.06 bits per heavy atom. The van der Waals surface area contributed by atoms with E-state index in [4.69, 9.17) is 0 Å². The summed E-state index contributed by atoms with van der Waals surface area (Å²) in [6, 6.07) is 0. The minimum absolute atomic E-state index is 0. The third-order valence-corrected chi connectivity index (χ3v) is 2.54. The van der Waals surface area contributed by atoms with Crippen molar-refractivity contribution in [2.45, 2.75) is 65.2 Å². The van der Waals surface area contributed by atoms with Crippen molar-refractivity contribution in [2.24, 2.45) is 0 Å². The molecule has 16 heavy (non-hydrogen) atoms. The van der Waals surface area contributed by atoms with Crippen molar-refractivity contribution >= 4 is 5.97 Å². The van der Waals surface area contributed by atoms with Crippen molar-refractivity contribution in [1.82, 2.24) is 0 Å². The first kappa shape index (κ1) is 18.6. The fourth-order valence-corrected chi connectivity index (χ4v) is 1.63. The Kier molecular flexibility index (Phi) is 15.4. The van der Waals surface area contributed by atoms with E-state index in [9.17, 15) is 9.90 Å². The summed E-state index contributed by atoms with van der Waals surface area (Å²) in [5, 5.41) is 10.2. The number of carbonyl (C=O) groups is 1. The third kappa shape index (κ3) is 14.2. The van der Waals surface area contributed by atoms with Crippen LogP contribution in [-0.4, -0.2) is 5.97 Å². The zero-order chi connectivity index (χ0) is 11.5. The molecule has 0 saturated carbocycles. The largest absolute Gasteiger partial charge is 1.00 e. The van der Waals surface area contributed by atoms with E-state index in [0.717, 1.165) is 18.4 Å². The fourth-order valence-electron chi connectivity index (χ4n) is 1.63. The summed E-state index contributed by atoms with van der Waals surface area (Å²) in [6.45, 7) is 4.07. The molecule has 0 aromatic carbocycles. The molecule has 2 nitrogen and oxygen atoms in total. The Morgan fingerprint density at radius 1 is 1.06 bits per heavy atom. The average Bonchev–Trinajstić information content (AvgIpc) is 2.15. The number of unbranched alkanes of at least 4 members (excludes halogenated alkanes) is 6. The average molecular weight is 234 g/mol. The van der Waals surface area contributed by atoms with E-state index in [1.54, 1.807) is 0 Å². The predicted molar refractivity (Wildman–Crippen MR) is 61.4 cm³/mol. The van der Waals surface area contributed by atoms with Gasteiger partial charge in [0, 0.05) is 0 Å². The second kappa shape index (κ2) is 13.3. The maximum absolute atomic E-state index is 10.2. The molecule has 0 amide bonds. The molecule has 0 radical (unpaired) electrons. The SMILES string of the molecule is CCCCCCCCC/C(C)=C\C(=O)[O-].[Na+]. The maximum atomic E-state index is 10.2. The molecular formula is C13H23NaO2. The number of carboxylic acid groups (broad SMARTS) is 1. The van der Waals surface area contributed by atoms with E-state index < -0.39 is 5.97 Å². The van der Waals surface area contributed by atoms with E-state index in [0.29, 0.717) is 0 Å². The minimum atomic E-state index is -1.07. The van der Waals surface area contributed by atoms with Crippen molar-refractivity contribution in [3.05, 3.63) is 11.6 Å². The van der Waals surface area contributed by atoms with Gasteiger partial charge in [0.05, 0.1) is 5.97 Å². The normalized spacial score (nSPS) is 11.0. The molecule has 3 heteroatoms. The zero-order valence-electron chi connectivity index (χ0n) is 11.1. The van der Waals surface area contributed by atoms with Gasteiger partial charge >= 0.3 is 29.6 Å². The summed E-state index contributed by atoms with van der Waals surface area (Å²) in [7, 11) is 0. The molecule has 0 atom stereocenters. The molecule has 0 bridgehead atoms. The first-order chi connectivity index (χ1) is 7.16. The number of hydrogen-bond acceptors (Lipinski definition) is 2. The molecule has 0 aliphatic heterocycles. The molecule has 0 spiro atoms. The Bertz CT molecular complexity index is 200. The number of carboxylic acids is 1. The van der Waals surface area contributed by atoms with E-state index >= 15 is 0 Å². The summed E-state index contributed by atoms with van der Waals surface area (Å²) in [5.41, 5.74) is 0.920. The van der Waals surface area contributed by atoms with Gasteiger partial charge in [-0.15, -0.1) is 0 Å². The standard InChI is InChI=1S/C13H24O2.Na/c1-3-4-5-6-7-8-9-10-12(2)11-13(14)15;/h11H,3-10H2,1-2H3,(H,14,15);/q;+1/p-1/b12-11-;. The van der Waals surface area contributed by atoms with Gasteiger partial charge < -0.3 is 9.90 Å². The van der Waals surface area contributed by atoms with Crippen LogP contribution in [0.15, 0.2) is 11.6 Å². The molecule has 0 heterocycles. The molecule has 0 aromatic heterocycles. The van der Waals surface area contributed by atoms with Crippen molar-refractivity contribution in [2.75, 3.05) is 0 Å². The smallest absolute Gasteiger partial charge is 0.545 e. The molecule has 0 aromatic rings. The second-order valence-electron chi connectivity index (χ2n) is 4.18. The summed E-state index contributed by atoms with van der Waals surface area (Å²) in [6.07, 6.45) is 11.0. The van der Waals surface area contributed by atoms with Gasteiger partial charge in [-0.2, -0.15) is 0 Å². The van der Waals surface area contributed by atoms with Crippen LogP contribution in [0, 0.1) is 0 Å². The van der Waals surface area contributed by atoms with Crippen LogP contribution in [0.1, 0.15) is 65.2 Å². The molecule has 0 N–H and O–H groups in total. The molecule has 0 unspecified atom stereocenters. The van der Waals surface area contributed by atoms with Gasteiger partial charge in [0.25, 0.3) is 0 Å². The van der Waals surface area contributed by atoms with Gasteiger partial charge in [-0.25, -0.2) is 0 Å². The third-order valence-electron chi connectivity index (χ3n) is 2.54. The Labute approximate surface area is 122 Å². The van der Waals surface area contributed by atoms with E-state index in [2.05, 4.69) is 6.92 Å². The summed E-state index contributed by atoms with van der Waals surface area (Å²) in [5.74, 6) is -1.07. The zero-order valence-corrected chi connectivity index (χ0v) is 13.1. The predicted octanol–water partition coefficient (Wildman–Crippen LogP) is -0.173. The fraction of sp³-hybridized carbons (Fsp3) is 0.769. The molecule has 88 valence electrons. The van der Waals surface area contributed by atoms with Crippen molar-refractivity contribution in [1.29, 1.82) is 0 Å². The molecule has 0 rings (SSSR count). The molecule has 0 fully saturated rings. The molecule has 0 aliphatic carbocycles. The van der Waals surface area contributed by atoms with Gasteiger partial charge in [-0.3, -0.25) is 0 Å². The van der Waals surface area contributed by atoms with Crippen LogP contribution in [-0.2, 0) is 4.79 Å². The summed E-state index contributed by atoms with van der Waals surface area (Å²) >= 11 is 0. The van der Waals surface area contributed by atoms with Crippen molar-refractivity contribution in [3.63, 3.8) is 0 Å². The number of hydrogen-bond donors (Lipinski definition) is 0. The quantitative estimate of drug-likeness (QED) is 0.316. The van der Waals surface area contributed by atoms with Crippen LogP contribution >= 0.6 is 0 Å². The topological polar surface area (TPSA) is 40.1 Å². The monoisotopic (exact) mass is 234 g/mol.